The Hall–Kier alpha value is -0.0800. The molecule has 2 aliphatic rings. The van der Waals surface area contributed by atoms with E-state index in [1.165, 1.54) is 51.5 Å². The summed E-state index contributed by atoms with van der Waals surface area (Å²) in [5.41, 5.74) is 6.39. The van der Waals surface area contributed by atoms with Gasteiger partial charge in [0.2, 0.25) is 0 Å². The number of rotatable bonds is 6. The number of hydrogen-bond acceptors (Lipinski definition) is 2. The van der Waals surface area contributed by atoms with Crippen molar-refractivity contribution in [2.24, 2.45) is 23.5 Å². The zero-order valence-corrected chi connectivity index (χ0v) is 11.7. The third kappa shape index (κ3) is 3.23. The summed E-state index contributed by atoms with van der Waals surface area (Å²) in [6, 6.07) is 0. The van der Waals surface area contributed by atoms with Crippen LogP contribution < -0.4 is 11.1 Å². The van der Waals surface area contributed by atoms with Crippen molar-refractivity contribution in [1.29, 1.82) is 0 Å². The standard InChI is InChI=1S/C15H30N2/c1-12(2)14-5-3-4-9-15(14,11-16)17-10-8-13-6-7-13/h12-14,17H,3-11,16H2,1-2H3. The van der Waals surface area contributed by atoms with Crippen molar-refractivity contribution in [2.45, 2.75) is 64.3 Å². The SMILES string of the molecule is CC(C)C1CCCCC1(CN)NCCC1CC1. The lowest BCUT2D eigenvalue weighted by Crippen LogP contribution is -2.59. The molecule has 2 unspecified atom stereocenters. The van der Waals surface area contributed by atoms with Crippen molar-refractivity contribution in [1.82, 2.24) is 5.32 Å². The van der Waals surface area contributed by atoms with Crippen molar-refractivity contribution in [2.75, 3.05) is 13.1 Å². The van der Waals surface area contributed by atoms with E-state index < -0.39 is 0 Å². The summed E-state index contributed by atoms with van der Waals surface area (Å²) in [4.78, 5) is 0. The van der Waals surface area contributed by atoms with Gasteiger partial charge >= 0.3 is 0 Å². The summed E-state index contributed by atoms with van der Waals surface area (Å²) in [6.07, 6.45) is 9.70. The van der Waals surface area contributed by atoms with E-state index in [1.54, 1.807) is 0 Å². The van der Waals surface area contributed by atoms with Gasteiger partial charge in [0.1, 0.15) is 0 Å². The van der Waals surface area contributed by atoms with Crippen molar-refractivity contribution in [3.8, 4) is 0 Å². The van der Waals surface area contributed by atoms with Crippen LogP contribution in [-0.4, -0.2) is 18.6 Å². The third-order valence-corrected chi connectivity index (χ3v) is 4.99. The Balaban J connectivity index is 1.92. The molecule has 2 rings (SSSR count). The van der Waals surface area contributed by atoms with E-state index in [4.69, 9.17) is 5.73 Å². The first-order valence-electron chi connectivity index (χ1n) is 7.63. The molecule has 0 saturated heterocycles. The first kappa shape index (κ1) is 13.4. The van der Waals surface area contributed by atoms with E-state index in [2.05, 4.69) is 19.2 Å². The highest BCUT2D eigenvalue weighted by atomic mass is 15.0. The fraction of sp³-hybridized carbons (Fsp3) is 1.00. The quantitative estimate of drug-likeness (QED) is 0.746. The molecule has 0 bridgehead atoms. The maximum atomic E-state index is 6.14. The molecule has 0 radical (unpaired) electrons. The molecule has 0 heterocycles. The van der Waals surface area contributed by atoms with Crippen LogP contribution in [0.2, 0.25) is 0 Å². The van der Waals surface area contributed by atoms with E-state index in [0.717, 1.165) is 24.3 Å². The minimum absolute atomic E-state index is 0.251. The Kier molecular flexibility index (Phi) is 4.48. The molecule has 2 fully saturated rings. The highest BCUT2D eigenvalue weighted by Crippen LogP contribution is 2.38. The second kappa shape index (κ2) is 5.71. The van der Waals surface area contributed by atoms with Gasteiger partial charge in [-0.15, -0.1) is 0 Å². The van der Waals surface area contributed by atoms with Gasteiger partial charge in [0.25, 0.3) is 0 Å². The van der Waals surface area contributed by atoms with E-state index in [-0.39, 0.29) is 5.54 Å². The Morgan fingerprint density at radius 3 is 2.59 bits per heavy atom. The molecule has 2 atom stereocenters. The van der Waals surface area contributed by atoms with E-state index in [0.29, 0.717) is 0 Å². The zero-order valence-electron chi connectivity index (χ0n) is 11.7. The lowest BCUT2D eigenvalue weighted by atomic mass is 9.68. The highest BCUT2D eigenvalue weighted by molar-refractivity contribution is 4.99. The van der Waals surface area contributed by atoms with Gasteiger partial charge in [0.05, 0.1) is 0 Å². The molecule has 0 amide bonds. The normalized spacial score (nSPS) is 34.2. The molecule has 0 aromatic heterocycles. The average molecular weight is 238 g/mol. The van der Waals surface area contributed by atoms with E-state index in [1.807, 2.05) is 0 Å². The molecule has 0 aromatic carbocycles. The number of hydrogen-bond donors (Lipinski definition) is 2. The van der Waals surface area contributed by atoms with Crippen LogP contribution in [0.4, 0.5) is 0 Å². The minimum atomic E-state index is 0.251. The predicted octanol–water partition coefficient (Wildman–Crippen LogP) is 2.92. The molecule has 0 aliphatic heterocycles. The van der Waals surface area contributed by atoms with Gasteiger partial charge in [-0.05, 0) is 43.6 Å². The molecule has 2 nitrogen and oxygen atoms in total. The fourth-order valence-electron chi connectivity index (χ4n) is 3.71. The van der Waals surface area contributed by atoms with E-state index >= 15 is 0 Å². The van der Waals surface area contributed by atoms with Crippen LogP contribution in [0.3, 0.4) is 0 Å². The Morgan fingerprint density at radius 2 is 2.00 bits per heavy atom. The first-order chi connectivity index (χ1) is 8.18. The van der Waals surface area contributed by atoms with Crippen LogP contribution in [0.25, 0.3) is 0 Å². The molecule has 3 N–H and O–H groups in total. The zero-order chi connectivity index (χ0) is 12.3. The van der Waals surface area contributed by atoms with Gasteiger partial charge < -0.3 is 11.1 Å². The van der Waals surface area contributed by atoms with Crippen LogP contribution >= 0.6 is 0 Å². The smallest absolute Gasteiger partial charge is 0.0334 e. The lowest BCUT2D eigenvalue weighted by molar-refractivity contribution is 0.108. The van der Waals surface area contributed by atoms with Gasteiger partial charge in [0.15, 0.2) is 0 Å². The van der Waals surface area contributed by atoms with Crippen LogP contribution in [0, 0.1) is 17.8 Å². The number of nitrogens with one attached hydrogen (secondary N) is 1. The second-order valence-electron chi connectivity index (χ2n) is 6.62. The van der Waals surface area contributed by atoms with Crippen molar-refractivity contribution < 1.29 is 0 Å². The van der Waals surface area contributed by atoms with Gasteiger partial charge in [0, 0.05) is 12.1 Å². The Bertz CT molecular complexity index is 235. The van der Waals surface area contributed by atoms with Crippen molar-refractivity contribution in [3.63, 3.8) is 0 Å². The molecule has 2 aliphatic carbocycles. The minimum Gasteiger partial charge on any atom is -0.329 e. The highest BCUT2D eigenvalue weighted by Gasteiger charge is 2.40. The van der Waals surface area contributed by atoms with Crippen LogP contribution in [0.15, 0.2) is 0 Å². The van der Waals surface area contributed by atoms with Crippen molar-refractivity contribution in [3.05, 3.63) is 0 Å². The molecule has 2 heteroatoms. The molecule has 0 spiro atoms. The van der Waals surface area contributed by atoms with Gasteiger partial charge in [-0.25, -0.2) is 0 Å². The summed E-state index contributed by atoms with van der Waals surface area (Å²) in [6.45, 7) is 6.73. The van der Waals surface area contributed by atoms with E-state index in [9.17, 15) is 0 Å². The summed E-state index contributed by atoms with van der Waals surface area (Å²) < 4.78 is 0. The molecule has 2 saturated carbocycles. The maximum Gasteiger partial charge on any atom is 0.0334 e. The molecular formula is C15H30N2. The Morgan fingerprint density at radius 1 is 1.24 bits per heavy atom. The summed E-state index contributed by atoms with van der Waals surface area (Å²) in [7, 11) is 0. The summed E-state index contributed by atoms with van der Waals surface area (Å²) in [5.74, 6) is 2.56. The molecule has 100 valence electrons. The summed E-state index contributed by atoms with van der Waals surface area (Å²) >= 11 is 0. The topological polar surface area (TPSA) is 38.0 Å². The second-order valence-corrected chi connectivity index (χ2v) is 6.62. The van der Waals surface area contributed by atoms with Gasteiger partial charge in [-0.2, -0.15) is 0 Å². The predicted molar refractivity (Wildman–Crippen MR) is 73.9 cm³/mol. The molecule has 17 heavy (non-hydrogen) atoms. The van der Waals surface area contributed by atoms with Crippen LogP contribution in [0.5, 0.6) is 0 Å². The largest absolute Gasteiger partial charge is 0.329 e. The lowest BCUT2D eigenvalue weighted by Gasteiger charge is -2.46. The average Bonchev–Trinajstić information content (AvgIpc) is 3.13. The third-order valence-electron chi connectivity index (χ3n) is 4.99. The Labute approximate surface area is 107 Å². The van der Waals surface area contributed by atoms with Crippen molar-refractivity contribution >= 4 is 0 Å². The summed E-state index contributed by atoms with van der Waals surface area (Å²) in [5, 5.41) is 3.86. The monoisotopic (exact) mass is 238 g/mol. The molecular weight excluding hydrogens is 208 g/mol. The van der Waals surface area contributed by atoms with Gasteiger partial charge in [-0.1, -0.05) is 39.5 Å². The van der Waals surface area contributed by atoms with Crippen LogP contribution in [0.1, 0.15) is 58.8 Å². The maximum absolute atomic E-state index is 6.14. The van der Waals surface area contributed by atoms with Crippen LogP contribution in [-0.2, 0) is 0 Å². The number of nitrogens with two attached hydrogens (primary N) is 1. The fourth-order valence-corrected chi connectivity index (χ4v) is 3.71. The first-order valence-corrected chi connectivity index (χ1v) is 7.63. The molecule has 0 aromatic rings. The van der Waals surface area contributed by atoms with Gasteiger partial charge in [-0.3, -0.25) is 0 Å².